The normalized spacial score (nSPS) is 49.1. The van der Waals surface area contributed by atoms with E-state index in [4.69, 9.17) is 47.4 Å². The molecule has 348 valence electrons. The molecule has 0 aromatic rings. The molecule has 7 rings (SSSR count). The molecule has 1 aliphatic carbocycles. The van der Waals surface area contributed by atoms with Gasteiger partial charge in [-0.1, -0.05) is 70.6 Å². The topological polar surface area (TPSA) is 170 Å². The summed E-state index contributed by atoms with van der Waals surface area (Å²) in [6.45, 7) is 16.1. The Labute approximate surface area is 367 Å². The van der Waals surface area contributed by atoms with Crippen LogP contribution in [0.5, 0.6) is 0 Å². The molecule has 7 aliphatic rings. The minimum absolute atomic E-state index is 0.0317. The SMILES string of the molecule is CC[C@@H](C)[C@H]1O[C@]2(C=C[C@@H]1C)C[C@@H]1C[C@@H](C/C=C(\C)[C@@H](O[C@@H]3C[C@H](OC)[C@H](O[C@H]4C[C@H](OC)[C@@H](O)[C@H](C)O4)[C@H](C)O3)[C@@H](C)/C=C/C=C3\CO[C@@H]4[C@@H](O)C(C)=C[C@@H](C(=O)O1)[C@]34O)O2. The average molecular weight is 873 g/mol. The molecule has 4 saturated heterocycles. The molecule has 14 nitrogen and oxygen atoms in total. The van der Waals surface area contributed by atoms with Gasteiger partial charge in [-0.3, -0.25) is 4.79 Å². The van der Waals surface area contributed by atoms with E-state index in [-0.39, 0.29) is 42.7 Å². The van der Waals surface area contributed by atoms with Gasteiger partial charge in [0, 0.05) is 51.7 Å². The summed E-state index contributed by atoms with van der Waals surface area (Å²) >= 11 is 0. The molecule has 0 radical (unpaired) electrons. The van der Waals surface area contributed by atoms with Crippen molar-refractivity contribution < 1.29 is 67.5 Å². The minimum Gasteiger partial charge on any atom is -0.462 e. The number of hydrogen-bond donors (Lipinski definition) is 3. The third-order valence-corrected chi connectivity index (χ3v) is 14.5. The summed E-state index contributed by atoms with van der Waals surface area (Å²) in [7, 11) is 3.22. The fourth-order valence-electron chi connectivity index (χ4n) is 10.6. The third kappa shape index (κ3) is 9.64. The second kappa shape index (κ2) is 19.7. The van der Waals surface area contributed by atoms with Crippen LogP contribution in [0.15, 0.2) is 59.3 Å². The van der Waals surface area contributed by atoms with Crippen molar-refractivity contribution in [2.75, 3.05) is 20.8 Å². The second-order valence-electron chi connectivity index (χ2n) is 19.0. The Kier molecular flexibility index (Phi) is 15.1. The zero-order valence-corrected chi connectivity index (χ0v) is 38.2. The fraction of sp³-hybridized carbons (Fsp3) is 0.771. The molecule has 3 N–H and O–H groups in total. The number of esters is 1. The molecule has 2 bridgehead atoms. The van der Waals surface area contributed by atoms with Crippen molar-refractivity contribution in [3.63, 3.8) is 0 Å². The van der Waals surface area contributed by atoms with E-state index in [0.717, 1.165) is 12.0 Å². The van der Waals surface area contributed by atoms with E-state index in [1.165, 1.54) is 0 Å². The number of methoxy groups -OCH3 is 2. The lowest BCUT2D eigenvalue weighted by atomic mass is 9.71. The van der Waals surface area contributed by atoms with Gasteiger partial charge < -0.3 is 62.7 Å². The minimum atomic E-state index is -1.84. The van der Waals surface area contributed by atoms with Gasteiger partial charge in [-0.25, -0.2) is 0 Å². The van der Waals surface area contributed by atoms with Gasteiger partial charge in [0.15, 0.2) is 18.4 Å². The van der Waals surface area contributed by atoms with Crippen molar-refractivity contribution in [3.05, 3.63) is 59.3 Å². The number of allylic oxidation sites excluding steroid dienone is 2. The summed E-state index contributed by atoms with van der Waals surface area (Å²) in [5.74, 6) is -2.56. The number of hydrogen-bond acceptors (Lipinski definition) is 14. The Bertz CT molecular complexity index is 1730. The molecular formula is C48H72O14. The van der Waals surface area contributed by atoms with Crippen LogP contribution in [0.4, 0.5) is 0 Å². The fourth-order valence-corrected chi connectivity index (χ4v) is 10.6. The Hall–Kier alpha value is -2.31. The highest BCUT2D eigenvalue weighted by Crippen LogP contribution is 2.47. The number of carbonyl (C=O) groups excluding carboxylic acids is 1. The van der Waals surface area contributed by atoms with Crippen LogP contribution in [0.3, 0.4) is 0 Å². The molecule has 4 fully saturated rings. The first-order valence-electron chi connectivity index (χ1n) is 22.9. The monoisotopic (exact) mass is 872 g/mol. The third-order valence-electron chi connectivity index (χ3n) is 14.5. The Morgan fingerprint density at radius 2 is 1.60 bits per heavy atom. The Morgan fingerprint density at radius 1 is 0.887 bits per heavy atom. The van der Waals surface area contributed by atoms with Crippen LogP contribution in [-0.2, 0) is 52.2 Å². The van der Waals surface area contributed by atoms with Gasteiger partial charge in [0.05, 0.1) is 49.3 Å². The maximum atomic E-state index is 14.3. The van der Waals surface area contributed by atoms with E-state index in [2.05, 4.69) is 39.8 Å². The number of aliphatic hydroxyl groups is 3. The molecule has 0 aromatic heterocycles. The Morgan fingerprint density at radius 3 is 2.32 bits per heavy atom. The van der Waals surface area contributed by atoms with Crippen LogP contribution in [0.1, 0.15) is 93.9 Å². The highest BCUT2D eigenvalue weighted by atomic mass is 16.7. The smallest absolute Gasteiger partial charge is 0.316 e. The molecule has 0 saturated carbocycles. The van der Waals surface area contributed by atoms with E-state index < -0.39 is 90.8 Å². The van der Waals surface area contributed by atoms with Gasteiger partial charge in [0.1, 0.15) is 42.0 Å². The zero-order valence-electron chi connectivity index (χ0n) is 38.2. The lowest BCUT2D eigenvalue weighted by Crippen LogP contribution is -2.58. The van der Waals surface area contributed by atoms with Crippen molar-refractivity contribution >= 4 is 5.97 Å². The predicted molar refractivity (Wildman–Crippen MR) is 227 cm³/mol. The maximum absolute atomic E-state index is 14.3. The highest BCUT2D eigenvalue weighted by Gasteiger charge is 2.60. The summed E-state index contributed by atoms with van der Waals surface area (Å²) in [5.41, 5.74) is 0.134. The van der Waals surface area contributed by atoms with Gasteiger partial charge in [-0.05, 0) is 62.8 Å². The molecule has 0 unspecified atom stereocenters. The predicted octanol–water partition coefficient (Wildman–Crippen LogP) is 5.38. The van der Waals surface area contributed by atoms with Crippen molar-refractivity contribution in [2.45, 2.75) is 191 Å². The second-order valence-corrected chi connectivity index (χ2v) is 19.0. The Balaban J connectivity index is 1.18. The molecule has 1 spiro atoms. The van der Waals surface area contributed by atoms with Crippen LogP contribution in [0.25, 0.3) is 0 Å². The number of ether oxygens (including phenoxy) is 10. The molecule has 20 atom stereocenters. The standard InChI is InChI=1S/C48H72O14/c1-11-25(2)43-28(5)17-18-47(62-43)23-34-20-33(61-47)16-15-27(4)42(26(3)13-12-14-32-24-55-45-40(49)29(6)19-35(46(51)58-34)48(32,45)52)59-39-22-37(54-10)44(31(8)57-39)60-38-21-36(53-9)41(50)30(7)56-38/h12-15,17-19,25-26,28,30-31,33-45,49-50,52H,11,16,20-24H2,1-10H3/b13-12+,27-15+,32-14+/t25-,26+,28+,30+,31+,33-,34+,35+,36+,37+,38+,39-,40+,41+,42+,43-,44-,45-,47-,48-/m1/s1. The lowest BCUT2D eigenvalue weighted by Gasteiger charge is -2.48. The first-order valence-corrected chi connectivity index (χ1v) is 22.9. The van der Waals surface area contributed by atoms with Crippen LogP contribution in [0, 0.1) is 23.7 Å². The number of carbonyl (C=O) groups is 1. The van der Waals surface area contributed by atoms with Crippen molar-refractivity contribution in [2.24, 2.45) is 23.7 Å². The zero-order chi connectivity index (χ0) is 44.7. The van der Waals surface area contributed by atoms with E-state index in [0.29, 0.717) is 43.3 Å². The van der Waals surface area contributed by atoms with Gasteiger partial charge in [-0.2, -0.15) is 0 Å². The molecule has 0 amide bonds. The van der Waals surface area contributed by atoms with Gasteiger partial charge in [0.25, 0.3) is 0 Å². The number of rotatable bonds is 8. The molecular weight excluding hydrogens is 801 g/mol. The number of aliphatic hydroxyl groups excluding tert-OH is 2. The first-order chi connectivity index (χ1) is 29.5. The summed E-state index contributed by atoms with van der Waals surface area (Å²) < 4.78 is 63.7. The van der Waals surface area contributed by atoms with Crippen molar-refractivity contribution in [1.29, 1.82) is 0 Å². The molecule has 0 aromatic carbocycles. The summed E-state index contributed by atoms with van der Waals surface area (Å²) in [6, 6.07) is 0. The summed E-state index contributed by atoms with van der Waals surface area (Å²) in [6.07, 6.45) is 8.55. The molecule has 62 heavy (non-hydrogen) atoms. The largest absolute Gasteiger partial charge is 0.462 e. The van der Waals surface area contributed by atoms with Crippen molar-refractivity contribution in [1.82, 2.24) is 0 Å². The van der Waals surface area contributed by atoms with Crippen LogP contribution >= 0.6 is 0 Å². The van der Waals surface area contributed by atoms with Gasteiger partial charge >= 0.3 is 5.97 Å². The quantitative estimate of drug-likeness (QED) is 0.210. The lowest BCUT2D eigenvalue weighted by molar-refractivity contribution is -0.318. The van der Waals surface area contributed by atoms with Crippen LogP contribution in [-0.4, -0.2) is 139 Å². The van der Waals surface area contributed by atoms with Crippen molar-refractivity contribution in [3.8, 4) is 0 Å². The van der Waals surface area contributed by atoms with Crippen LogP contribution < -0.4 is 0 Å². The maximum Gasteiger partial charge on any atom is 0.316 e. The number of fused-ring (bicyclic) bond motifs is 2. The molecule has 14 heteroatoms. The van der Waals surface area contributed by atoms with E-state index in [9.17, 15) is 20.1 Å². The first kappa shape index (κ1) is 47.6. The van der Waals surface area contributed by atoms with Gasteiger partial charge in [-0.15, -0.1) is 0 Å². The van der Waals surface area contributed by atoms with E-state index in [1.807, 2.05) is 32.1 Å². The molecule has 6 aliphatic heterocycles. The molecule has 6 heterocycles. The van der Waals surface area contributed by atoms with E-state index in [1.54, 1.807) is 40.2 Å². The van der Waals surface area contributed by atoms with Gasteiger partial charge in [0.2, 0.25) is 0 Å². The summed E-state index contributed by atoms with van der Waals surface area (Å²) in [4.78, 5) is 14.3. The highest BCUT2D eigenvalue weighted by molar-refractivity contribution is 5.78. The summed E-state index contributed by atoms with van der Waals surface area (Å²) in [5, 5.41) is 34.2. The average Bonchev–Trinajstić information content (AvgIpc) is 3.58. The van der Waals surface area contributed by atoms with Crippen LogP contribution in [0.2, 0.25) is 0 Å². The van der Waals surface area contributed by atoms with E-state index >= 15 is 0 Å².